The summed E-state index contributed by atoms with van der Waals surface area (Å²) >= 11 is 0. The van der Waals surface area contributed by atoms with Gasteiger partial charge in [0.25, 0.3) is 0 Å². The molecule has 0 unspecified atom stereocenters. The third kappa shape index (κ3) is 6.64. The smallest absolute Gasteiger partial charge is 0.226 e. The van der Waals surface area contributed by atoms with Gasteiger partial charge >= 0.3 is 0 Å². The van der Waals surface area contributed by atoms with Crippen LogP contribution in [-0.4, -0.2) is 43.0 Å². The first-order chi connectivity index (χ1) is 11.6. The quantitative estimate of drug-likeness (QED) is 0.386. The van der Waals surface area contributed by atoms with E-state index in [9.17, 15) is 4.39 Å². The van der Waals surface area contributed by atoms with Gasteiger partial charge < -0.3 is 14.6 Å². The molecule has 1 aromatic carbocycles. The minimum Gasteiger partial charge on any atom is -0.444 e. The number of benzene rings is 1. The zero-order valence-corrected chi connectivity index (χ0v) is 17.3. The van der Waals surface area contributed by atoms with Gasteiger partial charge in [-0.3, -0.25) is 4.99 Å². The summed E-state index contributed by atoms with van der Waals surface area (Å²) in [5.41, 5.74) is 1.62. The highest BCUT2D eigenvalue weighted by Crippen LogP contribution is 2.18. The Morgan fingerprint density at radius 3 is 2.68 bits per heavy atom. The topological polar surface area (TPSA) is 53.7 Å². The summed E-state index contributed by atoms with van der Waals surface area (Å²) in [6.45, 7) is 3.88. The van der Waals surface area contributed by atoms with Crippen LogP contribution in [-0.2, 0) is 6.42 Å². The number of halogens is 2. The van der Waals surface area contributed by atoms with E-state index in [0.717, 1.165) is 49.6 Å². The van der Waals surface area contributed by atoms with Crippen LogP contribution in [0.3, 0.4) is 0 Å². The number of unbranched alkanes of at least 4 members (excludes halogenated alkanes) is 1. The highest BCUT2D eigenvalue weighted by Gasteiger charge is 2.08. The molecule has 25 heavy (non-hydrogen) atoms. The van der Waals surface area contributed by atoms with Gasteiger partial charge in [-0.05, 0) is 30.7 Å². The number of nitrogens with one attached hydrogen (secondary N) is 1. The number of rotatable bonds is 7. The first-order valence-electron chi connectivity index (χ1n) is 8.26. The van der Waals surface area contributed by atoms with Crippen LogP contribution in [0.25, 0.3) is 11.5 Å². The van der Waals surface area contributed by atoms with Gasteiger partial charge in [0.2, 0.25) is 5.89 Å². The average Bonchev–Trinajstić information content (AvgIpc) is 3.06. The Labute approximate surface area is 165 Å². The molecule has 0 saturated heterocycles. The summed E-state index contributed by atoms with van der Waals surface area (Å²) in [6.07, 6.45) is 4.67. The van der Waals surface area contributed by atoms with Crippen molar-refractivity contribution in [3.8, 4) is 11.5 Å². The van der Waals surface area contributed by atoms with E-state index in [4.69, 9.17) is 4.42 Å². The van der Waals surface area contributed by atoms with E-state index < -0.39 is 0 Å². The van der Waals surface area contributed by atoms with Gasteiger partial charge in [-0.1, -0.05) is 13.3 Å². The lowest BCUT2D eigenvalue weighted by molar-refractivity contribution is 0.465. The predicted octanol–water partition coefficient (Wildman–Crippen LogP) is 3.95. The number of hydrogen-bond donors (Lipinski definition) is 1. The molecule has 0 saturated carbocycles. The van der Waals surface area contributed by atoms with Crippen LogP contribution in [0.15, 0.2) is 39.9 Å². The number of nitrogens with zero attached hydrogens (tertiary/aromatic N) is 3. The summed E-state index contributed by atoms with van der Waals surface area (Å²) in [5.74, 6) is 1.12. The van der Waals surface area contributed by atoms with Crippen LogP contribution in [0.2, 0.25) is 0 Å². The van der Waals surface area contributed by atoms with Gasteiger partial charge in [-0.2, -0.15) is 0 Å². The summed E-state index contributed by atoms with van der Waals surface area (Å²) in [6, 6.07) is 6.12. The molecule has 5 nitrogen and oxygen atoms in total. The molecular formula is C18H26FIN4O. The second-order valence-corrected chi connectivity index (χ2v) is 5.65. The largest absolute Gasteiger partial charge is 0.444 e. The third-order valence-corrected chi connectivity index (χ3v) is 3.73. The van der Waals surface area contributed by atoms with Crippen molar-refractivity contribution in [1.82, 2.24) is 15.2 Å². The molecule has 7 heteroatoms. The van der Waals surface area contributed by atoms with E-state index in [2.05, 4.69) is 27.1 Å². The van der Waals surface area contributed by atoms with Crippen LogP contribution < -0.4 is 5.32 Å². The molecule has 138 valence electrons. The maximum absolute atomic E-state index is 13.0. The SMILES string of the molecule is CCCCN(C)C(=NC)NCCc1coc(-c2ccc(F)cc2)n1.I. The van der Waals surface area contributed by atoms with Gasteiger partial charge in [0.05, 0.1) is 5.69 Å². The van der Waals surface area contributed by atoms with E-state index >= 15 is 0 Å². The highest BCUT2D eigenvalue weighted by atomic mass is 127. The normalized spacial score (nSPS) is 11.1. The Morgan fingerprint density at radius 1 is 1.32 bits per heavy atom. The van der Waals surface area contributed by atoms with Crippen molar-refractivity contribution in [2.45, 2.75) is 26.2 Å². The Bertz CT molecular complexity index is 657. The molecule has 0 atom stereocenters. The fraction of sp³-hybridized carbons (Fsp3) is 0.444. The van der Waals surface area contributed by atoms with E-state index in [1.54, 1.807) is 25.4 Å². The minimum absolute atomic E-state index is 0. The van der Waals surface area contributed by atoms with Gasteiger partial charge in [0, 0.05) is 39.2 Å². The summed E-state index contributed by atoms with van der Waals surface area (Å²) in [7, 11) is 3.82. The van der Waals surface area contributed by atoms with Gasteiger partial charge in [-0.15, -0.1) is 24.0 Å². The van der Waals surface area contributed by atoms with Crippen molar-refractivity contribution in [2.24, 2.45) is 4.99 Å². The molecule has 0 amide bonds. The second-order valence-electron chi connectivity index (χ2n) is 5.65. The standard InChI is InChI=1S/C18H25FN4O.HI/c1-4-5-12-23(3)18(20-2)21-11-10-16-13-24-17(22-16)14-6-8-15(19)9-7-14;/h6-9,13H,4-5,10-12H2,1-3H3,(H,20,21);1H. The summed E-state index contributed by atoms with van der Waals surface area (Å²) in [4.78, 5) is 10.9. The van der Waals surface area contributed by atoms with Crippen LogP contribution >= 0.6 is 24.0 Å². The molecule has 1 N–H and O–H groups in total. The van der Waals surface area contributed by atoms with Crippen molar-refractivity contribution in [3.63, 3.8) is 0 Å². The lowest BCUT2D eigenvalue weighted by Gasteiger charge is -2.21. The zero-order valence-electron chi connectivity index (χ0n) is 15.0. The molecule has 2 aromatic rings. The van der Waals surface area contributed by atoms with Crippen LogP contribution in [0, 0.1) is 5.82 Å². The Kier molecular flexibility index (Phi) is 9.48. The molecule has 0 aliphatic carbocycles. The highest BCUT2D eigenvalue weighted by molar-refractivity contribution is 14.0. The molecule has 0 bridgehead atoms. The summed E-state index contributed by atoms with van der Waals surface area (Å²) < 4.78 is 18.4. The predicted molar refractivity (Wildman–Crippen MR) is 110 cm³/mol. The van der Waals surface area contributed by atoms with Crippen LogP contribution in [0.5, 0.6) is 0 Å². The Hall–Kier alpha value is -1.64. The molecule has 0 aliphatic rings. The Morgan fingerprint density at radius 2 is 2.04 bits per heavy atom. The van der Waals surface area contributed by atoms with Gasteiger partial charge in [0.15, 0.2) is 5.96 Å². The average molecular weight is 460 g/mol. The molecular weight excluding hydrogens is 434 g/mol. The molecule has 1 aromatic heterocycles. The van der Waals surface area contributed by atoms with Crippen molar-refractivity contribution >= 4 is 29.9 Å². The lowest BCUT2D eigenvalue weighted by Crippen LogP contribution is -2.40. The van der Waals surface area contributed by atoms with Crippen molar-refractivity contribution in [1.29, 1.82) is 0 Å². The second kappa shape index (κ2) is 11.1. The fourth-order valence-corrected chi connectivity index (χ4v) is 2.34. The van der Waals surface area contributed by atoms with Crippen molar-refractivity contribution in [2.75, 3.05) is 27.2 Å². The first-order valence-corrected chi connectivity index (χ1v) is 8.26. The van der Waals surface area contributed by atoms with E-state index in [1.807, 2.05) is 7.05 Å². The monoisotopic (exact) mass is 460 g/mol. The van der Waals surface area contributed by atoms with E-state index in [1.165, 1.54) is 12.1 Å². The fourth-order valence-electron chi connectivity index (χ4n) is 2.34. The number of hydrogen-bond acceptors (Lipinski definition) is 3. The van der Waals surface area contributed by atoms with Gasteiger partial charge in [-0.25, -0.2) is 9.37 Å². The zero-order chi connectivity index (χ0) is 17.4. The van der Waals surface area contributed by atoms with Crippen LogP contribution in [0.1, 0.15) is 25.5 Å². The molecule has 2 rings (SSSR count). The molecule has 1 heterocycles. The number of aromatic nitrogens is 1. The minimum atomic E-state index is -0.270. The van der Waals surface area contributed by atoms with Crippen LogP contribution in [0.4, 0.5) is 4.39 Å². The maximum Gasteiger partial charge on any atom is 0.226 e. The van der Waals surface area contributed by atoms with Crippen molar-refractivity contribution in [3.05, 3.63) is 42.0 Å². The molecule has 0 radical (unpaired) electrons. The first kappa shape index (κ1) is 21.4. The van der Waals surface area contributed by atoms with E-state index in [0.29, 0.717) is 5.89 Å². The van der Waals surface area contributed by atoms with Gasteiger partial charge in [0.1, 0.15) is 12.1 Å². The maximum atomic E-state index is 13.0. The molecule has 0 spiro atoms. The molecule has 0 fully saturated rings. The molecule has 0 aliphatic heterocycles. The number of guanidine groups is 1. The van der Waals surface area contributed by atoms with Crippen molar-refractivity contribution < 1.29 is 8.81 Å². The summed E-state index contributed by atoms with van der Waals surface area (Å²) in [5, 5.41) is 3.33. The lowest BCUT2D eigenvalue weighted by atomic mass is 10.2. The number of oxazole rings is 1. The number of aliphatic imine (C=N–C) groups is 1. The third-order valence-electron chi connectivity index (χ3n) is 3.73. The Balaban J connectivity index is 0.00000312. The van der Waals surface area contributed by atoms with E-state index in [-0.39, 0.29) is 29.8 Å².